The van der Waals surface area contributed by atoms with Gasteiger partial charge in [0, 0.05) is 34.2 Å². The van der Waals surface area contributed by atoms with Crippen molar-refractivity contribution >= 4 is 34.6 Å². The van der Waals surface area contributed by atoms with E-state index in [1.54, 1.807) is 7.05 Å². The van der Waals surface area contributed by atoms with Gasteiger partial charge in [0.25, 0.3) is 0 Å². The molecule has 8 nitrogen and oxygen atoms in total. The molecule has 0 atom stereocenters. The number of hydrogen-bond donors (Lipinski definition) is 3. The van der Waals surface area contributed by atoms with Crippen LogP contribution in [0, 0.1) is 0 Å². The fourth-order valence-electron chi connectivity index (χ4n) is 2.05. The summed E-state index contributed by atoms with van der Waals surface area (Å²) in [6.07, 6.45) is 2.01. The Morgan fingerprint density at radius 3 is 1.91 bits per heavy atom. The van der Waals surface area contributed by atoms with E-state index < -0.39 is 0 Å². The molecule has 2 aromatic heterocycles. The van der Waals surface area contributed by atoms with Crippen LogP contribution in [-0.4, -0.2) is 54.2 Å². The van der Waals surface area contributed by atoms with E-state index in [4.69, 9.17) is 0 Å². The van der Waals surface area contributed by atoms with Crippen LogP contribution >= 0.6 is 0 Å². The number of aromatic nitrogens is 4. The Labute approximate surface area is 137 Å². The van der Waals surface area contributed by atoms with Crippen molar-refractivity contribution in [2.24, 2.45) is 0 Å². The SMILES string of the molecule is CCCNc1nc(N(C)C)nc2c(NCCC)nc(NC)nc12. The third-order valence-corrected chi connectivity index (χ3v) is 3.24. The highest BCUT2D eigenvalue weighted by Gasteiger charge is 2.16. The van der Waals surface area contributed by atoms with Gasteiger partial charge in [-0.15, -0.1) is 0 Å². The molecule has 3 N–H and O–H groups in total. The lowest BCUT2D eigenvalue weighted by Gasteiger charge is -2.16. The average molecular weight is 318 g/mol. The summed E-state index contributed by atoms with van der Waals surface area (Å²) in [6.45, 7) is 5.89. The second kappa shape index (κ2) is 7.75. The zero-order chi connectivity index (χ0) is 16.8. The Bertz CT molecular complexity index is 655. The summed E-state index contributed by atoms with van der Waals surface area (Å²) in [6, 6.07) is 0. The smallest absolute Gasteiger partial charge is 0.227 e. The van der Waals surface area contributed by atoms with Gasteiger partial charge in [0.05, 0.1) is 0 Å². The lowest BCUT2D eigenvalue weighted by Crippen LogP contribution is -2.16. The molecule has 2 heterocycles. The minimum absolute atomic E-state index is 0.553. The Morgan fingerprint density at radius 2 is 1.39 bits per heavy atom. The van der Waals surface area contributed by atoms with E-state index in [0.717, 1.165) is 48.6 Å². The molecule has 0 aliphatic rings. The molecule has 0 aliphatic heterocycles. The van der Waals surface area contributed by atoms with Gasteiger partial charge in [-0.1, -0.05) is 13.8 Å². The second-order valence-corrected chi connectivity index (χ2v) is 5.46. The summed E-state index contributed by atoms with van der Waals surface area (Å²) in [5.41, 5.74) is 1.46. The first kappa shape index (κ1) is 17.0. The molecular formula is C15H26N8. The van der Waals surface area contributed by atoms with E-state index >= 15 is 0 Å². The van der Waals surface area contributed by atoms with Crippen molar-refractivity contribution in [3.63, 3.8) is 0 Å². The monoisotopic (exact) mass is 318 g/mol. The maximum Gasteiger partial charge on any atom is 0.227 e. The van der Waals surface area contributed by atoms with Gasteiger partial charge < -0.3 is 20.9 Å². The zero-order valence-electron chi connectivity index (χ0n) is 14.6. The fourth-order valence-corrected chi connectivity index (χ4v) is 2.05. The standard InChI is InChI=1S/C15H26N8/c1-6-8-17-12-11-10(19-14(16-3)21-12)13(18-9-7-2)22-15(20-11)23(4)5/h6-9H2,1-5H3,(H,18,20,22)(H2,16,17,19,21). The van der Waals surface area contributed by atoms with Crippen molar-refractivity contribution in [1.29, 1.82) is 0 Å². The van der Waals surface area contributed by atoms with Crippen molar-refractivity contribution in [3.8, 4) is 0 Å². The maximum absolute atomic E-state index is 4.63. The van der Waals surface area contributed by atoms with Crippen molar-refractivity contribution in [3.05, 3.63) is 0 Å². The van der Waals surface area contributed by atoms with Crippen molar-refractivity contribution in [2.75, 3.05) is 55.1 Å². The molecule has 0 saturated carbocycles. The first-order chi connectivity index (χ1) is 11.1. The summed E-state index contributed by atoms with van der Waals surface area (Å²) < 4.78 is 0. The lowest BCUT2D eigenvalue weighted by molar-refractivity contribution is 0.949. The molecule has 0 aliphatic carbocycles. The Kier molecular flexibility index (Phi) is 5.72. The first-order valence-corrected chi connectivity index (χ1v) is 8.03. The van der Waals surface area contributed by atoms with Gasteiger partial charge in [0.15, 0.2) is 11.6 Å². The third kappa shape index (κ3) is 3.88. The molecule has 0 bridgehead atoms. The van der Waals surface area contributed by atoms with Gasteiger partial charge in [-0.3, -0.25) is 0 Å². The minimum atomic E-state index is 0.553. The van der Waals surface area contributed by atoms with E-state index in [1.165, 1.54) is 0 Å². The van der Waals surface area contributed by atoms with Gasteiger partial charge in [0.2, 0.25) is 11.9 Å². The van der Waals surface area contributed by atoms with Gasteiger partial charge in [-0.2, -0.15) is 9.97 Å². The maximum atomic E-state index is 4.63. The van der Waals surface area contributed by atoms with Crippen LogP contribution in [0.25, 0.3) is 11.0 Å². The molecule has 0 unspecified atom stereocenters. The molecule has 0 aromatic carbocycles. The molecule has 23 heavy (non-hydrogen) atoms. The summed E-state index contributed by atoms with van der Waals surface area (Å²) in [5.74, 6) is 2.65. The Balaban J connectivity index is 2.65. The Morgan fingerprint density at radius 1 is 0.826 bits per heavy atom. The molecule has 0 radical (unpaired) electrons. The largest absolute Gasteiger partial charge is 0.368 e. The molecule has 0 spiro atoms. The van der Waals surface area contributed by atoms with E-state index in [-0.39, 0.29) is 0 Å². The van der Waals surface area contributed by atoms with Crippen LogP contribution in [0.4, 0.5) is 23.5 Å². The van der Waals surface area contributed by atoms with E-state index in [1.807, 2.05) is 19.0 Å². The molecule has 8 heteroatoms. The van der Waals surface area contributed by atoms with Gasteiger partial charge in [-0.05, 0) is 12.8 Å². The highest BCUT2D eigenvalue weighted by molar-refractivity contribution is 5.94. The van der Waals surface area contributed by atoms with Gasteiger partial charge in [-0.25, -0.2) is 9.97 Å². The quantitative estimate of drug-likeness (QED) is 0.682. The van der Waals surface area contributed by atoms with Gasteiger partial charge >= 0.3 is 0 Å². The highest BCUT2D eigenvalue weighted by atomic mass is 15.3. The molecule has 2 rings (SSSR count). The van der Waals surface area contributed by atoms with Crippen molar-refractivity contribution < 1.29 is 0 Å². The van der Waals surface area contributed by atoms with Crippen LogP contribution in [0.15, 0.2) is 0 Å². The summed E-state index contributed by atoms with van der Waals surface area (Å²) in [7, 11) is 5.65. The van der Waals surface area contributed by atoms with E-state index in [0.29, 0.717) is 11.9 Å². The van der Waals surface area contributed by atoms with E-state index in [9.17, 15) is 0 Å². The Hall–Kier alpha value is -2.38. The zero-order valence-corrected chi connectivity index (χ0v) is 14.6. The van der Waals surface area contributed by atoms with Crippen molar-refractivity contribution in [1.82, 2.24) is 19.9 Å². The lowest BCUT2D eigenvalue weighted by atomic mass is 10.3. The van der Waals surface area contributed by atoms with Crippen LogP contribution in [-0.2, 0) is 0 Å². The third-order valence-electron chi connectivity index (χ3n) is 3.24. The molecular weight excluding hydrogens is 292 g/mol. The molecule has 0 amide bonds. The number of hydrogen-bond acceptors (Lipinski definition) is 8. The predicted octanol–water partition coefficient (Wildman–Crippen LogP) is 2.17. The molecule has 126 valence electrons. The summed E-state index contributed by atoms with van der Waals surface area (Å²) in [4.78, 5) is 20.2. The predicted molar refractivity (Wildman–Crippen MR) is 96.6 cm³/mol. The van der Waals surface area contributed by atoms with Crippen molar-refractivity contribution in [2.45, 2.75) is 26.7 Å². The normalized spacial score (nSPS) is 10.7. The van der Waals surface area contributed by atoms with Crippen LogP contribution in [0.5, 0.6) is 0 Å². The second-order valence-electron chi connectivity index (χ2n) is 5.46. The fraction of sp³-hybridized carbons (Fsp3) is 0.600. The first-order valence-electron chi connectivity index (χ1n) is 8.03. The number of rotatable bonds is 8. The average Bonchev–Trinajstić information content (AvgIpc) is 2.56. The summed E-state index contributed by atoms with van der Waals surface area (Å²) in [5, 5.41) is 9.68. The van der Waals surface area contributed by atoms with Crippen LogP contribution in [0.3, 0.4) is 0 Å². The van der Waals surface area contributed by atoms with E-state index in [2.05, 4.69) is 49.7 Å². The van der Waals surface area contributed by atoms with Crippen LogP contribution in [0.1, 0.15) is 26.7 Å². The molecule has 2 aromatic rings. The summed E-state index contributed by atoms with van der Waals surface area (Å²) >= 11 is 0. The topological polar surface area (TPSA) is 90.9 Å². The molecule has 0 saturated heterocycles. The number of fused-ring (bicyclic) bond motifs is 1. The van der Waals surface area contributed by atoms with Crippen LogP contribution < -0.4 is 20.9 Å². The minimum Gasteiger partial charge on any atom is -0.368 e. The number of nitrogens with zero attached hydrogens (tertiary/aromatic N) is 5. The number of nitrogens with one attached hydrogen (secondary N) is 3. The highest BCUT2D eigenvalue weighted by Crippen LogP contribution is 2.27. The van der Waals surface area contributed by atoms with Gasteiger partial charge in [0.1, 0.15) is 11.0 Å². The molecule has 0 fully saturated rings. The number of anilines is 4. The van der Waals surface area contributed by atoms with Crippen LogP contribution in [0.2, 0.25) is 0 Å².